The standard InChI is InChI=1S/C18H14BrN5O2S2/c1-26-16-7-2-11(19)8-15(16)17-20-12(9-27-17)10-28-18-21-22-23-24(18)13-3-5-14(25)6-4-13/h2-9,25H,10H2,1H3. The lowest BCUT2D eigenvalue weighted by Crippen LogP contribution is -1.98. The van der Waals surface area contributed by atoms with Crippen molar-refractivity contribution in [3.63, 3.8) is 0 Å². The molecule has 2 aromatic heterocycles. The van der Waals surface area contributed by atoms with E-state index in [1.165, 1.54) is 11.8 Å². The van der Waals surface area contributed by atoms with Crippen LogP contribution in [0.3, 0.4) is 0 Å². The summed E-state index contributed by atoms with van der Waals surface area (Å²) in [5, 5.41) is 24.9. The Balaban J connectivity index is 1.51. The van der Waals surface area contributed by atoms with Gasteiger partial charge in [-0.3, -0.25) is 0 Å². The minimum Gasteiger partial charge on any atom is -0.508 e. The lowest BCUT2D eigenvalue weighted by molar-refractivity contribution is 0.416. The molecule has 28 heavy (non-hydrogen) atoms. The van der Waals surface area contributed by atoms with E-state index in [0.29, 0.717) is 10.9 Å². The Labute approximate surface area is 177 Å². The zero-order valence-electron chi connectivity index (χ0n) is 14.6. The van der Waals surface area contributed by atoms with Crippen molar-refractivity contribution in [1.29, 1.82) is 0 Å². The summed E-state index contributed by atoms with van der Waals surface area (Å²) in [7, 11) is 1.65. The van der Waals surface area contributed by atoms with E-state index in [0.717, 1.165) is 32.2 Å². The third-order valence-electron chi connectivity index (χ3n) is 3.83. The molecule has 0 atom stereocenters. The molecule has 0 aliphatic rings. The maximum atomic E-state index is 9.44. The summed E-state index contributed by atoms with van der Waals surface area (Å²) in [4.78, 5) is 4.73. The van der Waals surface area contributed by atoms with E-state index >= 15 is 0 Å². The van der Waals surface area contributed by atoms with Gasteiger partial charge in [0.05, 0.1) is 24.1 Å². The van der Waals surface area contributed by atoms with Crippen molar-refractivity contribution in [2.24, 2.45) is 0 Å². The number of phenols is 1. The number of thiazole rings is 1. The maximum Gasteiger partial charge on any atom is 0.214 e. The number of hydrogen-bond acceptors (Lipinski definition) is 8. The van der Waals surface area contributed by atoms with E-state index < -0.39 is 0 Å². The third kappa shape index (κ3) is 4.03. The van der Waals surface area contributed by atoms with Crippen LogP contribution in [-0.4, -0.2) is 37.4 Å². The van der Waals surface area contributed by atoms with E-state index in [2.05, 4.69) is 31.5 Å². The van der Waals surface area contributed by atoms with E-state index in [1.807, 2.05) is 23.6 Å². The quantitative estimate of drug-likeness (QED) is 0.409. The van der Waals surface area contributed by atoms with Gasteiger partial charge in [0.25, 0.3) is 0 Å². The van der Waals surface area contributed by atoms with E-state index in [1.54, 1.807) is 47.4 Å². The van der Waals surface area contributed by atoms with E-state index in [-0.39, 0.29) is 5.75 Å². The summed E-state index contributed by atoms with van der Waals surface area (Å²) in [6.45, 7) is 0. The molecule has 4 aromatic rings. The van der Waals surface area contributed by atoms with Gasteiger partial charge in [-0.05, 0) is 52.9 Å². The highest BCUT2D eigenvalue weighted by atomic mass is 79.9. The molecule has 0 saturated carbocycles. The van der Waals surface area contributed by atoms with Crippen LogP contribution in [0.2, 0.25) is 0 Å². The van der Waals surface area contributed by atoms with Gasteiger partial charge in [0.15, 0.2) is 0 Å². The molecule has 0 spiro atoms. The lowest BCUT2D eigenvalue weighted by atomic mass is 10.2. The van der Waals surface area contributed by atoms with Crippen LogP contribution in [-0.2, 0) is 5.75 Å². The van der Waals surface area contributed by atoms with E-state index in [4.69, 9.17) is 9.72 Å². The predicted octanol–water partition coefficient (Wildman–Crippen LogP) is 4.55. The molecule has 0 fully saturated rings. The lowest BCUT2D eigenvalue weighted by Gasteiger charge is -2.06. The zero-order valence-corrected chi connectivity index (χ0v) is 17.8. The number of thioether (sulfide) groups is 1. The summed E-state index contributed by atoms with van der Waals surface area (Å²) >= 11 is 6.56. The third-order valence-corrected chi connectivity index (χ3v) is 6.20. The fraction of sp³-hybridized carbons (Fsp3) is 0.111. The smallest absolute Gasteiger partial charge is 0.214 e. The van der Waals surface area contributed by atoms with Crippen molar-refractivity contribution in [3.8, 4) is 27.8 Å². The first-order valence-electron chi connectivity index (χ1n) is 8.13. The Kier molecular flexibility index (Phi) is 5.60. The molecule has 2 aromatic carbocycles. The monoisotopic (exact) mass is 475 g/mol. The maximum absolute atomic E-state index is 9.44. The molecule has 4 rings (SSSR count). The Morgan fingerprint density at radius 1 is 1.21 bits per heavy atom. The number of halogens is 1. The number of benzene rings is 2. The second kappa shape index (κ2) is 8.29. The first kappa shape index (κ1) is 18.9. The number of ether oxygens (including phenoxy) is 1. The van der Waals surface area contributed by atoms with Gasteiger partial charge in [0.1, 0.15) is 16.5 Å². The molecule has 0 saturated heterocycles. The van der Waals surface area contributed by atoms with Crippen molar-refractivity contribution in [2.75, 3.05) is 7.11 Å². The van der Waals surface area contributed by atoms with Gasteiger partial charge < -0.3 is 9.84 Å². The molecule has 0 radical (unpaired) electrons. The van der Waals surface area contributed by atoms with Crippen molar-refractivity contribution < 1.29 is 9.84 Å². The molecule has 0 bridgehead atoms. The highest BCUT2D eigenvalue weighted by molar-refractivity contribution is 9.10. The van der Waals surface area contributed by atoms with Gasteiger partial charge in [-0.2, -0.15) is 4.68 Å². The van der Waals surface area contributed by atoms with Crippen LogP contribution in [0.5, 0.6) is 11.5 Å². The van der Waals surface area contributed by atoms with Crippen molar-refractivity contribution >= 4 is 39.0 Å². The molecule has 0 aliphatic heterocycles. The second-order valence-electron chi connectivity index (χ2n) is 5.67. The van der Waals surface area contributed by atoms with Gasteiger partial charge >= 0.3 is 0 Å². The zero-order chi connectivity index (χ0) is 19.5. The minimum atomic E-state index is 0.198. The molecule has 0 amide bonds. The van der Waals surface area contributed by atoms with E-state index in [9.17, 15) is 5.11 Å². The molecule has 0 aliphatic carbocycles. The number of aromatic hydroxyl groups is 1. The predicted molar refractivity (Wildman–Crippen MR) is 112 cm³/mol. The molecular formula is C18H14BrN5O2S2. The van der Waals surface area contributed by atoms with Gasteiger partial charge in [0, 0.05) is 15.6 Å². The summed E-state index contributed by atoms with van der Waals surface area (Å²) in [5.41, 5.74) is 2.67. The highest BCUT2D eigenvalue weighted by Gasteiger charge is 2.13. The summed E-state index contributed by atoms with van der Waals surface area (Å²) < 4.78 is 8.06. The Bertz CT molecular complexity index is 1100. The van der Waals surface area contributed by atoms with Crippen molar-refractivity contribution in [1.82, 2.24) is 25.2 Å². The molecule has 1 N–H and O–H groups in total. The summed E-state index contributed by atoms with van der Waals surface area (Å²) in [6.07, 6.45) is 0. The number of hydrogen-bond donors (Lipinski definition) is 1. The van der Waals surface area contributed by atoms with Gasteiger partial charge in [-0.15, -0.1) is 16.4 Å². The molecule has 2 heterocycles. The van der Waals surface area contributed by atoms with Gasteiger partial charge in [0.2, 0.25) is 5.16 Å². The average Bonchev–Trinajstić information content (AvgIpc) is 3.36. The summed E-state index contributed by atoms with van der Waals surface area (Å²) in [5.74, 6) is 1.61. The topological polar surface area (TPSA) is 86.0 Å². The fourth-order valence-electron chi connectivity index (χ4n) is 2.51. The molecule has 142 valence electrons. The molecule has 0 unspecified atom stereocenters. The average molecular weight is 476 g/mol. The molecule has 10 heteroatoms. The number of rotatable bonds is 6. The Morgan fingerprint density at radius 3 is 2.82 bits per heavy atom. The fourth-order valence-corrected chi connectivity index (χ4v) is 4.60. The first-order valence-corrected chi connectivity index (χ1v) is 10.8. The van der Waals surface area contributed by atoms with Crippen molar-refractivity contribution in [3.05, 3.63) is 58.0 Å². The Hall–Kier alpha value is -2.43. The van der Waals surface area contributed by atoms with Crippen LogP contribution in [0.15, 0.2) is 57.5 Å². The SMILES string of the molecule is COc1ccc(Br)cc1-c1nc(CSc2nnnn2-c2ccc(O)cc2)cs1. The highest BCUT2D eigenvalue weighted by Crippen LogP contribution is 2.35. The number of methoxy groups -OCH3 is 1. The second-order valence-corrected chi connectivity index (χ2v) is 8.38. The van der Waals surface area contributed by atoms with Crippen LogP contribution >= 0.6 is 39.0 Å². The number of tetrazole rings is 1. The van der Waals surface area contributed by atoms with Crippen LogP contribution in [0.25, 0.3) is 16.3 Å². The molecular weight excluding hydrogens is 462 g/mol. The van der Waals surface area contributed by atoms with Crippen LogP contribution in [0.1, 0.15) is 5.69 Å². The van der Waals surface area contributed by atoms with Crippen LogP contribution < -0.4 is 4.74 Å². The normalized spacial score (nSPS) is 10.9. The van der Waals surface area contributed by atoms with Crippen molar-refractivity contribution in [2.45, 2.75) is 10.9 Å². The largest absolute Gasteiger partial charge is 0.508 e. The number of nitrogens with zero attached hydrogens (tertiary/aromatic N) is 5. The summed E-state index contributed by atoms with van der Waals surface area (Å²) in [6, 6.07) is 12.6. The van der Waals surface area contributed by atoms with Crippen LogP contribution in [0, 0.1) is 0 Å². The van der Waals surface area contributed by atoms with Gasteiger partial charge in [-0.1, -0.05) is 27.7 Å². The minimum absolute atomic E-state index is 0.198. The molecule has 7 nitrogen and oxygen atoms in total. The Morgan fingerprint density at radius 2 is 2.04 bits per heavy atom. The van der Waals surface area contributed by atoms with Gasteiger partial charge in [-0.25, -0.2) is 4.98 Å². The number of phenolic OH excluding ortho intramolecular Hbond substituents is 1. The number of aromatic nitrogens is 5. The first-order chi connectivity index (χ1) is 13.6. The van der Waals surface area contributed by atoms with Crippen LogP contribution in [0.4, 0.5) is 0 Å².